The van der Waals surface area contributed by atoms with Gasteiger partial charge in [0.25, 0.3) is 0 Å². The Kier molecular flexibility index (Phi) is 8.79. The molecule has 0 aromatic carbocycles. The summed E-state index contributed by atoms with van der Waals surface area (Å²) in [6.07, 6.45) is 13.4. The van der Waals surface area contributed by atoms with Gasteiger partial charge in [-0.05, 0) is 61.2 Å². The topological polar surface area (TPSA) is 139 Å². The fraction of sp³-hybridized carbons (Fsp3) is 0.692. The number of amides is 2. The number of carboxylic acids is 2. The number of hydrogen-bond acceptors (Lipinski definition) is 6. The highest BCUT2D eigenvalue weighted by molar-refractivity contribution is 5.79. The van der Waals surface area contributed by atoms with Crippen molar-refractivity contribution in [2.45, 2.75) is 25.7 Å². The number of aliphatic carboxylic acids is 2. The lowest BCUT2D eigenvalue weighted by molar-refractivity contribution is -0.141. The molecule has 10 nitrogen and oxygen atoms in total. The molecule has 4 aliphatic rings. The first-order valence-corrected chi connectivity index (χ1v) is 13.0. The Morgan fingerprint density at radius 2 is 1.06 bits per heavy atom. The second-order valence-electron chi connectivity index (χ2n) is 10.9. The van der Waals surface area contributed by atoms with E-state index in [9.17, 15) is 29.4 Å². The van der Waals surface area contributed by atoms with Crippen LogP contribution >= 0.6 is 0 Å². The normalized spacial score (nSPS) is 29.4. The summed E-state index contributed by atoms with van der Waals surface area (Å²) in [7, 11) is 0. The molecule has 198 valence electrons. The second kappa shape index (κ2) is 12.0. The van der Waals surface area contributed by atoms with E-state index in [1.807, 2.05) is 0 Å². The number of fused-ring (bicyclic) bond motifs is 4. The molecule has 4 aliphatic carbocycles. The van der Waals surface area contributed by atoms with E-state index >= 15 is 0 Å². The molecule has 6 atom stereocenters. The molecule has 2 fully saturated rings. The van der Waals surface area contributed by atoms with E-state index in [1.165, 1.54) is 9.80 Å². The fourth-order valence-corrected chi connectivity index (χ4v) is 6.36. The molecule has 0 spiro atoms. The Morgan fingerprint density at radius 3 is 1.36 bits per heavy atom. The van der Waals surface area contributed by atoms with E-state index in [1.54, 1.807) is 0 Å². The summed E-state index contributed by atoms with van der Waals surface area (Å²) in [5.41, 5.74) is 0. The van der Waals surface area contributed by atoms with Gasteiger partial charge in [-0.25, -0.2) is 0 Å². The lowest BCUT2D eigenvalue weighted by Gasteiger charge is -2.26. The third kappa shape index (κ3) is 7.39. The molecule has 4 rings (SSSR count). The van der Waals surface area contributed by atoms with Crippen molar-refractivity contribution in [2.24, 2.45) is 35.5 Å². The van der Waals surface area contributed by atoms with Crippen molar-refractivity contribution in [3.05, 3.63) is 24.3 Å². The molecule has 6 unspecified atom stereocenters. The van der Waals surface area contributed by atoms with Crippen LogP contribution in [0, 0.1) is 35.5 Å². The summed E-state index contributed by atoms with van der Waals surface area (Å²) in [6.45, 7) is 0.623. The Bertz CT molecular complexity index is 833. The summed E-state index contributed by atoms with van der Waals surface area (Å²) in [5, 5.41) is 24.4. The maximum absolute atomic E-state index is 12.5. The first kappa shape index (κ1) is 26.3. The maximum Gasteiger partial charge on any atom is 0.317 e. The molecule has 0 saturated heterocycles. The zero-order valence-electron chi connectivity index (χ0n) is 20.7. The van der Waals surface area contributed by atoms with Gasteiger partial charge in [0.2, 0.25) is 11.8 Å². The highest BCUT2D eigenvalue weighted by Crippen LogP contribution is 2.43. The maximum atomic E-state index is 12.5. The van der Waals surface area contributed by atoms with Crippen LogP contribution in [0.3, 0.4) is 0 Å². The molecule has 0 radical (unpaired) electrons. The number of nitrogens with zero attached hydrogens (tertiary/aromatic N) is 2. The lowest BCUT2D eigenvalue weighted by atomic mass is 9.94. The van der Waals surface area contributed by atoms with E-state index in [4.69, 9.17) is 0 Å². The molecule has 0 aromatic rings. The van der Waals surface area contributed by atoms with Crippen molar-refractivity contribution < 1.29 is 29.4 Å². The first-order valence-electron chi connectivity index (χ1n) is 13.0. The van der Waals surface area contributed by atoms with Crippen LogP contribution in [0.4, 0.5) is 0 Å². The lowest BCUT2D eigenvalue weighted by Crippen LogP contribution is -2.47. The molecule has 10 heteroatoms. The Labute approximate surface area is 211 Å². The van der Waals surface area contributed by atoms with Crippen LogP contribution < -0.4 is 10.6 Å². The van der Waals surface area contributed by atoms with Gasteiger partial charge in [0.1, 0.15) is 0 Å². The zero-order chi connectivity index (χ0) is 25.7. The van der Waals surface area contributed by atoms with Crippen LogP contribution in [-0.4, -0.2) is 96.1 Å². The summed E-state index contributed by atoms with van der Waals surface area (Å²) in [5.74, 6) is 0.491. The van der Waals surface area contributed by atoms with Gasteiger partial charge in [-0.15, -0.1) is 0 Å². The quantitative estimate of drug-likeness (QED) is 0.236. The second-order valence-corrected chi connectivity index (χ2v) is 10.9. The van der Waals surface area contributed by atoms with Gasteiger partial charge in [0.15, 0.2) is 0 Å². The molecule has 2 saturated carbocycles. The Hall–Kier alpha value is -2.72. The van der Waals surface area contributed by atoms with Crippen molar-refractivity contribution in [3.63, 3.8) is 0 Å². The minimum absolute atomic E-state index is 0.0895. The number of rotatable bonds is 15. The van der Waals surface area contributed by atoms with E-state index in [0.717, 1.165) is 25.7 Å². The molecule has 0 aliphatic heterocycles. The van der Waals surface area contributed by atoms with E-state index in [-0.39, 0.29) is 51.1 Å². The van der Waals surface area contributed by atoms with Crippen LogP contribution in [0.15, 0.2) is 24.3 Å². The third-order valence-corrected chi connectivity index (χ3v) is 8.14. The van der Waals surface area contributed by atoms with Crippen LogP contribution in [0.2, 0.25) is 0 Å². The first-order chi connectivity index (χ1) is 17.2. The summed E-state index contributed by atoms with van der Waals surface area (Å²) in [6, 6.07) is 0. The minimum Gasteiger partial charge on any atom is -0.480 e. The number of carbonyl (C=O) groups excluding carboxylic acids is 2. The van der Waals surface area contributed by atoms with Crippen molar-refractivity contribution in [2.75, 3.05) is 52.4 Å². The molecule has 0 heterocycles. The fourth-order valence-electron chi connectivity index (χ4n) is 6.36. The van der Waals surface area contributed by atoms with Crippen molar-refractivity contribution in [3.8, 4) is 0 Å². The molecule has 36 heavy (non-hydrogen) atoms. The summed E-state index contributed by atoms with van der Waals surface area (Å²) in [4.78, 5) is 50.7. The number of carboxylic acid groups (broad SMARTS) is 2. The summed E-state index contributed by atoms with van der Waals surface area (Å²) < 4.78 is 0. The zero-order valence-corrected chi connectivity index (χ0v) is 20.7. The van der Waals surface area contributed by atoms with Crippen LogP contribution in [0.5, 0.6) is 0 Å². The van der Waals surface area contributed by atoms with Crippen molar-refractivity contribution in [1.29, 1.82) is 0 Å². The highest BCUT2D eigenvalue weighted by atomic mass is 16.4. The number of allylic oxidation sites excluding steroid dienone is 4. The SMILES string of the molecule is O=C(O)CN(CCN(CC(=O)O)CC(=O)NCC1CC2C=CC1C2)CC(=O)NCC1CC2C=CC1C2. The smallest absolute Gasteiger partial charge is 0.317 e. The molecular weight excluding hydrogens is 464 g/mol. The van der Waals surface area contributed by atoms with Gasteiger partial charge in [-0.3, -0.25) is 29.0 Å². The van der Waals surface area contributed by atoms with Crippen LogP contribution in [0.1, 0.15) is 25.7 Å². The standard InChI is InChI=1S/C26H38N4O6/c31-23(27-11-21-9-17-1-3-19(21)7-17)13-29(15-25(33)34)5-6-30(16-26(35)36)14-24(32)28-12-22-10-18-2-4-20(22)8-18/h1-4,17-22H,5-16H2,(H,27,31)(H,28,32)(H,33,34)(H,35,36). The van der Waals surface area contributed by atoms with E-state index in [2.05, 4.69) is 34.9 Å². The van der Waals surface area contributed by atoms with E-state index in [0.29, 0.717) is 48.6 Å². The van der Waals surface area contributed by atoms with Gasteiger partial charge in [0, 0.05) is 26.2 Å². The molecule has 0 aromatic heterocycles. The number of nitrogens with one attached hydrogen (secondary N) is 2. The average Bonchev–Trinajstić information content (AvgIpc) is 3.61. The Balaban J connectivity index is 1.21. The van der Waals surface area contributed by atoms with Crippen molar-refractivity contribution in [1.82, 2.24) is 20.4 Å². The van der Waals surface area contributed by atoms with Gasteiger partial charge in [-0.1, -0.05) is 24.3 Å². The minimum atomic E-state index is -1.07. The molecule has 4 N–H and O–H groups in total. The van der Waals surface area contributed by atoms with Crippen LogP contribution in [-0.2, 0) is 19.2 Å². The average molecular weight is 503 g/mol. The van der Waals surface area contributed by atoms with Crippen LogP contribution in [0.25, 0.3) is 0 Å². The monoisotopic (exact) mass is 502 g/mol. The van der Waals surface area contributed by atoms with Crippen molar-refractivity contribution >= 4 is 23.8 Å². The van der Waals surface area contributed by atoms with Gasteiger partial charge < -0.3 is 20.8 Å². The van der Waals surface area contributed by atoms with Gasteiger partial charge in [0.05, 0.1) is 26.2 Å². The predicted molar refractivity (Wildman–Crippen MR) is 132 cm³/mol. The molecule has 4 bridgehead atoms. The van der Waals surface area contributed by atoms with Gasteiger partial charge in [-0.2, -0.15) is 0 Å². The number of hydrogen-bond donors (Lipinski definition) is 4. The van der Waals surface area contributed by atoms with E-state index < -0.39 is 11.9 Å². The third-order valence-electron chi connectivity index (χ3n) is 8.14. The largest absolute Gasteiger partial charge is 0.480 e. The number of carbonyl (C=O) groups is 4. The molecular formula is C26H38N4O6. The summed E-state index contributed by atoms with van der Waals surface area (Å²) >= 11 is 0. The Morgan fingerprint density at radius 1 is 0.639 bits per heavy atom. The van der Waals surface area contributed by atoms with Gasteiger partial charge >= 0.3 is 11.9 Å². The molecule has 2 amide bonds. The highest BCUT2D eigenvalue weighted by Gasteiger charge is 2.36. The predicted octanol–water partition coefficient (Wildman–Crippen LogP) is 0.416.